The zero-order valence-corrected chi connectivity index (χ0v) is 4.81. The van der Waals surface area contributed by atoms with Gasteiger partial charge in [0.05, 0.1) is 0 Å². The van der Waals surface area contributed by atoms with Crippen molar-refractivity contribution in [1.82, 2.24) is 9.97 Å². The molecule has 2 nitrogen and oxygen atoms in total. The van der Waals surface area contributed by atoms with Gasteiger partial charge in [-0.15, -0.1) is 0 Å². The van der Waals surface area contributed by atoms with Gasteiger partial charge in [0.1, 0.15) is 13.7 Å². The third-order valence-corrected chi connectivity index (χ3v) is 0.983. The number of hydrogen-bond acceptors (Lipinski definition) is 1. The normalized spacial score (nSPS) is 9.62. The molecular weight excluding hydrogens is 98.9 g/mol. The van der Waals surface area contributed by atoms with Crippen LogP contribution in [0, 0.1) is 0 Å². The summed E-state index contributed by atoms with van der Waals surface area (Å²) in [5.74, 6) is 0.947. The molecule has 0 aliphatic carbocycles. The molecule has 0 saturated heterocycles. The molecule has 1 aromatic rings. The number of hydrogen-bond donors (Lipinski definition) is 1. The SMILES string of the molecule is [B]c1cnc(CC)[nH]1. The molecule has 0 fully saturated rings. The van der Waals surface area contributed by atoms with Crippen LogP contribution in [0.4, 0.5) is 0 Å². The zero-order chi connectivity index (χ0) is 5.98. The van der Waals surface area contributed by atoms with Gasteiger partial charge in [-0.2, -0.15) is 0 Å². The van der Waals surface area contributed by atoms with E-state index in [9.17, 15) is 0 Å². The fourth-order valence-corrected chi connectivity index (χ4v) is 0.558. The lowest BCUT2D eigenvalue weighted by Crippen LogP contribution is -2.01. The molecule has 0 aliphatic heterocycles. The summed E-state index contributed by atoms with van der Waals surface area (Å²) >= 11 is 0. The first-order valence-electron chi connectivity index (χ1n) is 2.62. The Morgan fingerprint density at radius 2 is 2.62 bits per heavy atom. The molecule has 0 atom stereocenters. The lowest BCUT2D eigenvalue weighted by molar-refractivity contribution is 0.993. The lowest BCUT2D eigenvalue weighted by Gasteiger charge is -1.82. The molecule has 0 aromatic carbocycles. The van der Waals surface area contributed by atoms with Crippen molar-refractivity contribution in [2.24, 2.45) is 0 Å². The highest BCUT2D eigenvalue weighted by Crippen LogP contribution is 1.83. The Morgan fingerprint density at radius 3 is 2.88 bits per heavy atom. The molecule has 1 heterocycles. The van der Waals surface area contributed by atoms with E-state index in [-0.39, 0.29) is 0 Å². The van der Waals surface area contributed by atoms with E-state index >= 15 is 0 Å². The number of nitrogens with zero attached hydrogens (tertiary/aromatic N) is 1. The minimum atomic E-state index is 0.641. The molecule has 2 radical (unpaired) electrons. The molecule has 1 rings (SSSR count). The van der Waals surface area contributed by atoms with Gasteiger partial charge in [0.25, 0.3) is 0 Å². The Kier molecular flexibility index (Phi) is 1.37. The predicted molar refractivity (Wildman–Crippen MR) is 33.4 cm³/mol. The van der Waals surface area contributed by atoms with Crippen molar-refractivity contribution in [3.8, 4) is 0 Å². The minimum absolute atomic E-state index is 0.641. The van der Waals surface area contributed by atoms with E-state index in [1.807, 2.05) is 6.92 Å². The first-order valence-corrected chi connectivity index (χ1v) is 2.62. The Balaban J connectivity index is 2.84. The van der Waals surface area contributed by atoms with Gasteiger partial charge in [-0.1, -0.05) is 6.92 Å². The maximum atomic E-state index is 5.34. The van der Waals surface area contributed by atoms with Crippen LogP contribution in [0.3, 0.4) is 0 Å². The Hall–Kier alpha value is -0.725. The molecule has 1 N–H and O–H groups in total. The molecule has 0 saturated carbocycles. The van der Waals surface area contributed by atoms with E-state index in [1.165, 1.54) is 0 Å². The largest absolute Gasteiger partial charge is 0.356 e. The van der Waals surface area contributed by atoms with E-state index in [4.69, 9.17) is 7.85 Å². The molecule has 0 amide bonds. The van der Waals surface area contributed by atoms with Crippen LogP contribution in [0.1, 0.15) is 12.7 Å². The summed E-state index contributed by atoms with van der Waals surface area (Å²) in [4.78, 5) is 6.85. The van der Waals surface area contributed by atoms with Gasteiger partial charge in [-0.3, -0.25) is 0 Å². The molecule has 0 bridgehead atoms. The van der Waals surface area contributed by atoms with E-state index in [1.54, 1.807) is 6.20 Å². The summed E-state index contributed by atoms with van der Waals surface area (Å²) in [6, 6.07) is 0. The molecule has 0 aliphatic rings. The van der Waals surface area contributed by atoms with Crippen LogP contribution >= 0.6 is 0 Å². The van der Waals surface area contributed by atoms with Crippen LogP contribution in [-0.2, 0) is 6.42 Å². The van der Waals surface area contributed by atoms with E-state index in [0.717, 1.165) is 12.2 Å². The molecule has 3 heteroatoms. The Labute approximate surface area is 49.7 Å². The van der Waals surface area contributed by atoms with Crippen LogP contribution in [0.2, 0.25) is 0 Å². The van der Waals surface area contributed by atoms with Crippen LogP contribution in [0.25, 0.3) is 0 Å². The van der Waals surface area contributed by atoms with Crippen molar-refractivity contribution in [2.75, 3.05) is 0 Å². The maximum Gasteiger partial charge on any atom is 0.140 e. The van der Waals surface area contributed by atoms with Crippen LogP contribution in [0.5, 0.6) is 0 Å². The molecule has 0 unspecified atom stereocenters. The van der Waals surface area contributed by atoms with Crippen molar-refractivity contribution < 1.29 is 0 Å². The highest BCUT2D eigenvalue weighted by molar-refractivity contribution is 6.30. The third-order valence-electron chi connectivity index (χ3n) is 0.983. The number of nitrogens with one attached hydrogen (secondary N) is 1. The van der Waals surface area contributed by atoms with E-state index in [2.05, 4.69) is 9.97 Å². The smallest absolute Gasteiger partial charge is 0.140 e. The van der Waals surface area contributed by atoms with Crippen LogP contribution < -0.4 is 5.59 Å². The monoisotopic (exact) mass is 106 g/mol. The minimum Gasteiger partial charge on any atom is -0.356 e. The number of aromatic amines is 1. The standard InChI is InChI=1S/C5H7BN2/c1-2-5-7-3-4(6)8-5/h3H,2H2,1H3,(H,7,8). The summed E-state index contributed by atoms with van der Waals surface area (Å²) in [5.41, 5.74) is 0.641. The number of rotatable bonds is 1. The van der Waals surface area contributed by atoms with Crippen molar-refractivity contribution in [1.29, 1.82) is 0 Å². The summed E-state index contributed by atoms with van der Waals surface area (Å²) in [5, 5.41) is 0. The van der Waals surface area contributed by atoms with Crippen LogP contribution in [0.15, 0.2) is 6.20 Å². The van der Waals surface area contributed by atoms with Gasteiger partial charge < -0.3 is 4.98 Å². The Morgan fingerprint density at radius 1 is 1.88 bits per heavy atom. The molecule has 8 heavy (non-hydrogen) atoms. The third kappa shape index (κ3) is 0.913. The zero-order valence-electron chi connectivity index (χ0n) is 4.81. The number of imidazole rings is 1. The fourth-order valence-electron chi connectivity index (χ4n) is 0.558. The van der Waals surface area contributed by atoms with Crippen molar-refractivity contribution in [3.63, 3.8) is 0 Å². The first kappa shape index (κ1) is 5.41. The second kappa shape index (κ2) is 2.03. The summed E-state index contributed by atoms with van der Waals surface area (Å²) in [7, 11) is 5.34. The summed E-state index contributed by atoms with van der Waals surface area (Å²) in [6.45, 7) is 2.03. The van der Waals surface area contributed by atoms with Gasteiger partial charge in [-0.25, -0.2) is 4.98 Å². The second-order valence-electron chi connectivity index (χ2n) is 1.64. The van der Waals surface area contributed by atoms with Gasteiger partial charge in [0, 0.05) is 12.6 Å². The predicted octanol–water partition coefficient (Wildman–Crippen LogP) is -0.234. The molecule has 1 aromatic heterocycles. The molecular formula is C5H7BN2. The second-order valence-corrected chi connectivity index (χ2v) is 1.64. The van der Waals surface area contributed by atoms with Crippen LogP contribution in [-0.4, -0.2) is 17.8 Å². The average Bonchev–Trinajstić information content (AvgIpc) is 2.14. The summed E-state index contributed by atoms with van der Waals surface area (Å²) < 4.78 is 0. The van der Waals surface area contributed by atoms with Gasteiger partial charge in [0.15, 0.2) is 0 Å². The van der Waals surface area contributed by atoms with Gasteiger partial charge >= 0.3 is 0 Å². The van der Waals surface area contributed by atoms with E-state index < -0.39 is 0 Å². The number of H-pyrrole nitrogens is 1. The Bertz CT molecular complexity index is 171. The van der Waals surface area contributed by atoms with Crippen molar-refractivity contribution in [3.05, 3.63) is 12.0 Å². The molecule has 40 valence electrons. The number of aromatic nitrogens is 2. The number of aryl methyl sites for hydroxylation is 1. The topological polar surface area (TPSA) is 28.7 Å². The highest BCUT2D eigenvalue weighted by Gasteiger charge is 1.89. The van der Waals surface area contributed by atoms with Gasteiger partial charge in [0.2, 0.25) is 0 Å². The highest BCUT2D eigenvalue weighted by atomic mass is 14.9. The molecule has 0 spiro atoms. The van der Waals surface area contributed by atoms with Gasteiger partial charge in [-0.05, 0) is 5.59 Å². The maximum absolute atomic E-state index is 5.34. The van der Waals surface area contributed by atoms with E-state index in [0.29, 0.717) is 5.59 Å². The quantitative estimate of drug-likeness (QED) is 0.492. The van der Waals surface area contributed by atoms with Crippen molar-refractivity contribution in [2.45, 2.75) is 13.3 Å². The average molecular weight is 106 g/mol. The van der Waals surface area contributed by atoms with Crippen molar-refractivity contribution >= 4 is 13.4 Å². The fraction of sp³-hybridized carbons (Fsp3) is 0.400. The first-order chi connectivity index (χ1) is 3.83. The summed E-state index contributed by atoms with van der Waals surface area (Å²) in [6.07, 6.45) is 2.54. The lowest BCUT2D eigenvalue weighted by atomic mass is 10.1.